The van der Waals surface area contributed by atoms with Gasteiger partial charge in [-0.15, -0.1) is 11.3 Å². The highest BCUT2D eigenvalue weighted by Gasteiger charge is 2.33. The highest BCUT2D eigenvalue weighted by Crippen LogP contribution is 2.27. The molecule has 1 saturated heterocycles. The van der Waals surface area contributed by atoms with Crippen LogP contribution in [0.5, 0.6) is 0 Å². The van der Waals surface area contributed by atoms with Gasteiger partial charge in [0.1, 0.15) is 0 Å². The molecule has 1 fully saturated rings. The van der Waals surface area contributed by atoms with E-state index < -0.39 is 9.84 Å². The van der Waals surface area contributed by atoms with Gasteiger partial charge in [0.2, 0.25) is 0 Å². The fourth-order valence-corrected chi connectivity index (χ4v) is 5.54. The maximum absolute atomic E-state index is 11.6. The van der Waals surface area contributed by atoms with E-state index in [9.17, 15) is 8.42 Å². The molecule has 2 rings (SSSR count). The normalized spacial score (nSPS) is 23.9. The molecule has 114 valence electrons. The third-order valence-corrected chi connectivity index (χ3v) is 6.59. The van der Waals surface area contributed by atoms with E-state index in [2.05, 4.69) is 31.5 Å². The molecule has 0 amide bonds. The Bertz CT molecular complexity index is 558. The van der Waals surface area contributed by atoms with Gasteiger partial charge in [0.25, 0.3) is 0 Å². The van der Waals surface area contributed by atoms with E-state index in [4.69, 9.17) is 4.98 Å². The van der Waals surface area contributed by atoms with E-state index in [0.717, 1.165) is 23.5 Å². The molecule has 0 radical (unpaired) electrons. The van der Waals surface area contributed by atoms with Gasteiger partial charge >= 0.3 is 0 Å². The van der Waals surface area contributed by atoms with Gasteiger partial charge in [-0.25, -0.2) is 13.4 Å². The average molecular weight is 316 g/mol. The van der Waals surface area contributed by atoms with Crippen molar-refractivity contribution >= 4 is 21.2 Å². The largest absolute Gasteiger partial charge is 0.316 e. The number of hydrogen-bond donors (Lipinski definition) is 1. The highest BCUT2D eigenvalue weighted by molar-refractivity contribution is 7.91. The molecular formula is C14H24N2O2S2. The molecule has 1 aromatic heterocycles. The second kappa shape index (κ2) is 5.73. The minimum Gasteiger partial charge on any atom is -0.316 e. The van der Waals surface area contributed by atoms with Gasteiger partial charge in [-0.2, -0.15) is 0 Å². The average Bonchev–Trinajstić information content (AvgIpc) is 2.91. The lowest BCUT2D eigenvalue weighted by Crippen LogP contribution is -2.36. The Morgan fingerprint density at radius 2 is 2.20 bits per heavy atom. The Labute approximate surface area is 125 Å². The Balaban J connectivity index is 2.06. The summed E-state index contributed by atoms with van der Waals surface area (Å²) in [6.45, 7) is 6.47. The zero-order valence-corrected chi connectivity index (χ0v) is 14.3. The van der Waals surface area contributed by atoms with Crippen LogP contribution in [0.1, 0.15) is 37.9 Å². The first-order valence-corrected chi connectivity index (χ1v) is 9.74. The molecule has 2 heterocycles. The number of thiazole rings is 1. The molecule has 2 atom stereocenters. The van der Waals surface area contributed by atoms with Crippen LogP contribution in [0.15, 0.2) is 5.38 Å². The molecule has 0 saturated carbocycles. The summed E-state index contributed by atoms with van der Waals surface area (Å²) in [5.74, 6) is 0.865. The fourth-order valence-electron chi connectivity index (χ4n) is 2.58. The van der Waals surface area contributed by atoms with Crippen molar-refractivity contribution in [1.29, 1.82) is 0 Å². The number of nitrogens with one attached hydrogen (secondary N) is 1. The molecular weight excluding hydrogens is 292 g/mol. The smallest absolute Gasteiger partial charge is 0.150 e. The summed E-state index contributed by atoms with van der Waals surface area (Å²) in [7, 11) is -0.907. The summed E-state index contributed by atoms with van der Waals surface area (Å²) in [6.07, 6.45) is 1.59. The molecule has 1 aliphatic rings. The van der Waals surface area contributed by atoms with Gasteiger partial charge in [-0.1, -0.05) is 20.8 Å². The van der Waals surface area contributed by atoms with Crippen LogP contribution in [-0.4, -0.2) is 38.0 Å². The van der Waals surface area contributed by atoms with E-state index >= 15 is 0 Å². The van der Waals surface area contributed by atoms with Crippen molar-refractivity contribution in [2.24, 2.45) is 5.92 Å². The van der Waals surface area contributed by atoms with Crippen LogP contribution in [0.4, 0.5) is 0 Å². The Kier molecular flexibility index (Phi) is 4.56. The number of likely N-dealkylation sites (N-methyl/N-ethyl adjacent to an activating group) is 1. The fraction of sp³-hybridized carbons (Fsp3) is 0.786. The van der Waals surface area contributed by atoms with Crippen molar-refractivity contribution in [3.05, 3.63) is 16.1 Å². The van der Waals surface area contributed by atoms with E-state index in [1.165, 1.54) is 0 Å². The molecule has 0 spiro atoms. The zero-order chi connectivity index (χ0) is 15.0. The van der Waals surface area contributed by atoms with Crippen molar-refractivity contribution in [2.75, 3.05) is 18.6 Å². The Morgan fingerprint density at radius 1 is 1.50 bits per heavy atom. The van der Waals surface area contributed by atoms with E-state index in [1.54, 1.807) is 11.3 Å². The van der Waals surface area contributed by atoms with Gasteiger partial charge in [0.15, 0.2) is 9.84 Å². The molecule has 1 aromatic rings. The lowest BCUT2D eigenvalue weighted by atomic mass is 9.93. The lowest BCUT2D eigenvalue weighted by molar-refractivity contribution is 0.402. The number of sulfone groups is 1. The summed E-state index contributed by atoms with van der Waals surface area (Å²) in [4.78, 5) is 4.71. The van der Waals surface area contributed by atoms with Crippen LogP contribution < -0.4 is 5.32 Å². The topological polar surface area (TPSA) is 59.1 Å². The van der Waals surface area contributed by atoms with Crippen molar-refractivity contribution < 1.29 is 8.42 Å². The van der Waals surface area contributed by atoms with E-state index in [-0.39, 0.29) is 17.4 Å². The highest BCUT2D eigenvalue weighted by atomic mass is 32.2. The SMILES string of the molecule is CNC(Cc1nc(C(C)(C)C)cs1)C1CCS(=O)(=O)C1. The molecule has 20 heavy (non-hydrogen) atoms. The van der Waals surface area contributed by atoms with Gasteiger partial charge in [0.05, 0.1) is 22.2 Å². The minimum atomic E-state index is -2.82. The summed E-state index contributed by atoms with van der Waals surface area (Å²) in [5.41, 5.74) is 1.19. The Hall–Kier alpha value is -0.460. The van der Waals surface area contributed by atoms with Crippen molar-refractivity contribution in [1.82, 2.24) is 10.3 Å². The molecule has 0 bridgehead atoms. The summed E-state index contributed by atoms with van der Waals surface area (Å²) in [6, 6.07) is 0.200. The van der Waals surface area contributed by atoms with E-state index in [1.807, 2.05) is 7.05 Å². The predicted octanol–water partition coefficient (Wildman–Crippen LogP) is 2.01. The molecule has 0 aliphatic carbocycles. The van der Waals surface area contributed by atoms with Gasteiger partial charge < -0.3 is 5.32 Å². The number of hydrogen-bond acceptors (Lipinski definition) is 5. The second-order valence-corrected chi connectivity index (χ2v) is 9.81. The third kappa shape index (κ3) is 3.80. The first-order valence-electron chi connectivity index (χ1n) is 7.04. The number of nitrogens with zero attached hydrogens (tertiary/aromatic N) is 1. The predicted molar refractivity (Wildman–Crippen MR) is 84.1 cm³/mol. The summed E-state index contributed by atoms with van der Waals surface area (Å²) < 4.78 is 23.2. The molecule has 0 aromatic carbocycles. The second-order valence-electron chi connectivity index (χ2n) is 6.64. The van der Waals surface area contributed by atoms with Crippen molar-refractivity contribution in [3.8, 4) is 0 Å². The van der Waals surface area contributed by atoms with Crippen LogP contribution in [0, 0.1) is 5.92 Å². The van der Waals surface area contributed by atoms with Crippen molar-refractivity contribution in [3.63, 3.8) is 0 Å². The van der Waals surface area contributed by atoms with Crippen LogP contribution in [0.25, 0.3) is 0 Å². The van der Waals surface area contributed by atoms with Crippen LogP contribution >= 0.6 is 11.3 Å². The summed E-state index contributed by atoms with van der Waals surface area (Å²) >= 11 is 1.68. The molecule has 1 N–H and O–H groups in total. The third-order valence-electron chi connectivity index (χ3n) is 3.92. The first-order chi connectivity index (χ1) is 9.21. The molecule has 2 unspecified atom stereocenters. The number of aromatic nitrogens is 1. The van der Waals surface area contributed by atoms with E-state index in [0.29, 0.717) is 11.5 Å². The van der Waals surface area contributed by atoms with Crippen LogP contribution in [-0.2, 0) is 21.7 Å². The molecule has 4 nitrogen and oxygen atoms in total. The Morgan fingerprint density at radius 3 is 2.65 bits per heavy atom. The summed E-state index contributed by atoms with van der Waals surface area (Å²) in [5, 5.41) is 6.49. The van der Waals surface area contributed by atoms with Gasteiger partial charge in [0, 0.05) is 23.3 Å². The van der Waals surface area contributed by atoms with Crippen LogP contribution in [0.2, 0.25) is 0 Å². The lowest BCUT2D eigenvalue weighted by Gasteiger charge is -2.21. The molecule has 1 aliphatic heterocycles. The monoisotopic (exact) mass is 316 g/mol. The standard InChI is InChI=1S/C14H24N2O2S2/c1-14(2,3)12-8-19-13(16-12)7-11(15-4)10-5-6-20(17,18)9-10/h8,10-11,15H,5-7,9H2,1-4H3. The van der Waals surface area contributed by atoms with Gasteiger partial charge in [-0.3, -0.25) is 0 Å². The van der Waals surface area contributed by atoms with Crippen LogP contribution in [0.3, 0.4) is 0 Å². The quantitative estimate of drug-likeness (QED) is 0.923. The zero-order valence-electron chi connectivity index (χ0n) is 12.6. The van der Waals surface area contributed by atoms with Gasteiger partial charge in [-0.05, 0) is 19.4 Å². The minimum absolute atomic E-state index is 0.0700. The number of rotatable bonds is 4. The van der Waals surface area contributed by atoms with Crippen molar-refractivity contribution in [2.45, 2.75) is 45.1 Å². The maximum atomic E-state index is 11.6. The molecule has 6 heteroatoms. The maximum Gasteiger partial charge on any atom is 0.150 e. The first kappa shape index (κ1) is 15.9.